The Balaban J connectivity index is 1.39. The molecule has 1 unspecified atom stereocenters. The maximum absolute atomic E-state index is 14.2. The van der Waals surface area contributed by atoms with E-state index in [1.165, 1.54) is 11.2 Å². The van der Waals surface area contributed by atoms with E-state index in [9.17, 15) is 23.1 Å². The molecular weight excluding hydrogens is 531 g/mol. The monoisotopic (exact) mass is 561 g/mol. The number of amides is 1. The van der Waals surface area contributed by atoms with Gasteiger partial charge in [0.15, 0.2) is 11.4 Å². The van der Waals surface area contributed by atoms with Crippen molar-refractivity contribution < 1.29 is 23.1 Å². The van der Waals surface area contributed by atoms with Crippen LogP contribution in [0.3, 0.4) is 0 Å². The lowest BCUT2D eigenvalue weighted by Gasteiger charge is -2.39. The van der Waals surface area contributed by atoms with E-state index in [2.05, 4.69) is 22.4 Å². The van der Waals surface area contributed by atoms with Crippen LogP contribution in [0.5, 0.6) is 0 Å². The van der Waals surface area contributed by atoms with Crippen molar-refractivity contribution in [1.82, 2.24) is 20.1 Å². The van der Waals surface area contributed by atoms with Gasteiger partial charge in [0.05, 0.1) is 12.1 Å². The Labute approximate surface area is 235 Å². The number of aliphatic hydroxyl groups is 1. The van der Waals surface area contributed by atoms with Crippen molar-refractivity contribution in [2.75, 3.05) is 4.90 Å². The van der Waals surface area contributed by atoms with Gasteiger partial charge in [-0.2, -0.15) is 13.2 Å². The molecule has 0 saturated heterocycles. The molecule has 1 aromatic heterocycles. The van der Waals surface area contributed by atoms with Crippen molar-refractivity contribution in [3.63, 3.8) is 0 Å². The van der Waals surface area contributed by atoms with Crippen LogP contribution in [0.15, 0.2) is 73.1 Å². The molecule has 1 aliphatic carbocycles. The van der Waals surface area contributed by atoms with E-state index >= 15 is 0 Å². The molecule has 3 aromatic carbocycles. The number of hydrogen-bond donors (Lipinski definition) is 2. The zero-order chi connectivity index (χ0) is 29.0. The summed E-state index contributed by atoms with van der Waals surface area (Å²) in [7, 11) is 1.71. The summed E-state index contributed by atoms with van der Waals surface area (Å²) in [4.78, 5) is 15.0. The number of carbonyl (C=O) groups is 1. The third-order valence-electron chi connectivity index (χ3n) is 8.39. The highest BCUT2D eigenvalue weighted by Gasteiger charge is 2.42. The van der Waals surface area contributed by atoms with Crippen molar-refractivity contribution >= 4 is 11.6 Å². The first-order valence-electron chi connectivity index (χ1n) is 13.5. The summed E-state index contributed by atoms with van der Waals surface area (Å²) < 4.78 is 44.3. The minimum Gasteiger partial charge on any atom is -0.373 e. The number of aromatic nitrogens is 3. The smallest absolute Gasteiger partial charge is 0.373 e. The van der Waals surface area contributed by atoms with Crippen LogP contribution in [-0.2, 0) is 31.9 Å². The molecule has 212 valence electrons. The predicted molar refractivity (Wildman–Crippen MR) is 147 cm³/mol. The van der Waals surface area contributed by atoms with Crippen molar-refractivity contribution in [2.24, 2.45) is 7.05 Å². The van der Waals surface area contributed by atoms with Crippen LogP contribution < -0.4 is 10.2 Å². The largest absolute Gasteiger partial charge is 0.416 e. The number of alkyl halides is 3. The molecule has 0 spiro atoms. The summed E-state index contributed by atoms with van der Waals surface area (Å²) in [6, 6.07) is 18.3. The number of benzene rings is 3. The summed E-state index contributed by atoms with van der Waals surface area (Å²) in [6.45, 7) is 2.08. The topological polar surface area (TPSA) is 83.3 Å². The van der Waals surface area contributed by atoms with Crippen LogP contribution in [0.4, 0.5) is 18.9 Å². The van der Waals surface area contributed by atoms with Crippen LogP contribution >= 0.6 is 0 Å². The molecule has 10 heteroatoms. The molecule has 41 heavy (non-hydrogen) atoms. The van der Waals surface area contributed by atoms with Gasteiger partial charge in [0, 0.05) is 30.4 Å². The summed E-state index contributed by atoms with van der Waals surface area (Å²) in [5, 5.41) is 23.6. The molecule has 1 aliphatic heterocycles. The lowest BCUT2D eigenvalue weighted by molar-refractivity contribution is -0.138. The minimum absolute atomic E-state index is 0.0434. The average Bonchev–Trinajstić information content (AvgIpc) is 3.53. The van der Waals surface area contributed by atoms with Crippen LogP contribution in [0, 0.1) is 0 Å². The van der Waals surface area contributed by atoms with Crippen LogP contribution in [0.2, 0.25) is 0 Å². The quantitative estimate of drug-likeness (QED) is 0.320. The van der Waals surface area contributed by atoms with E-state index in [0.717, 1.165) is 25.3 Å². The molecule has 0 radical (unpaired) electrons. The summed E-state index contributed by atoms with van der Waals surface area (Å²) in [5.74, 6) is -0.255. The van der Waals surface area contributed by atoms with Gasteiger partial charge in [-0.1, -0.05) is 42.5 Å². The molecule has 7 nitrogen and oxygen atoms in total. The molecule has 2 heterocycles. The Morgan fingerprint density at radius 1 is 1.02 bits per heavy atom. The Morgan fingerprint density at radius 2 is 1.76 bits per heavy atom. The molecular formula is C31H30F3N5O2. The third kappa shape index (κ3) is 4.70. The standard InChI is InChI=1S/C31H30F3N5O2/c1-29(12-7-13-29)35-17-20-14-24-25(26(15-20)31(32,33)34)18-39(27(24)40)23-11-6-10-22(16-23)30(41,21-8-4-3-5-9-21)28-37-36-19-38(28)2/h3-6,8-11,14-16,19,35,41H,7,12-13,17-18H2,1-2H3. The van der Waals surface area contributed by atoms with Crippen molar-refractivity contribution in [3.8, 4) is 0 Å². The van der Waals surface area contributed by atoms with Gasteiger partial charge in [-0.25, -0.2) is 0 Å². The molecule has 2 N–H and O–H groups in total. The van der Waals surface area contributed by atoms with Gasteiger partial charge in [0.2, 0.25) is 0 Å². The van der Waals surface area contributed by atoms with E-state index in [1.54, 1.807) is 66.2 Å². The van der Waals surface area contributed by atoms with E-state index < -0.39 is 23.2 Å². The normalized spacial score (nSPS) is 17.7. The molecule has 1 fully saturated rings. The van der Waals surface area contributed by atoms with Crippen molar-refractivity contribution in [2.45, 2.75) is 56.6 Å². The maximum Gasteiger partial charge on any atom is 0.416 e. The molecule has 4 aromatic rings. The Bertz CT molecular complexity index is 1610. The van der Waals surface area contributed by atoms with Gasteiger partial charge in [-0.3, -0.25) is 4.79 Å². The van der Waals surface area contributed by atoms with E-state index in [1.807, 2.05) is 6.07 Å². The van der Waals surface area contributed by atoms with Gasteiger partial charge in [-0.05, 0) is 72.7 Å². The zero-order valence-electron chi connectivity index (χ0n) is 22.7. The fourth-order valence-electron chi connectivity index (χ4n) is 5.84. The SMILES string of the molecule is Cn1cnnc1C(O)(c1ccccc1)c1cccc(N2Cc3c(cc(CNC4(C)CCC4)cc3C(F)(F)F)C2=O)c1. The van der Waals surface area contributed by atoms with Gasteiger partial charge >= 0.3 is 6.18 Å². The number of fused-ring (bicyclic) bond motifs is 1. The van der Waals surface area contributed by atoms with Crippen LogP contribution in [-0.4, -0.2) is 31.3 Å². The number of aryl methyl sites for hydroxylation is 1. The second kappa shape index (κ2) is 9.81. The van der Waals surface area contributed by atoms with Gasteiger partial charge in [0.25, 0.3) is 5.91 Å². The molecule has 2 aliphatic rings. The lowest BCUT2D eigenvalue weighted by atomic mass is 9.78. The van der Waals surface area contributed by atoms with Crippen LogP contribution in [0.25, 0.3) is 0 Å². The first-order valence-corrected chi connectivity index (χ1v) is 13.5. The van der Waals surface area contributed by atoms with E-state index in [-0.39, 0.29) is 35.6 Å². The summed E-state index contributed by atoms with van der Waals surface area (Å²) in [5.41, 5.74) is -0.888. The highest BCUT2D eigenvalue weighted by Crippen LogP contribution is 2.42. The van der Waals surface area contributed by atoms with Gasteiger partial charge < -0.3 is 19.9 Å². The van der Waals surface area contributed by atoms with E-state index in [0.29, 0.717) is 22.4 Å². The summed E-state index contributed by atoms with van der Waals surface area (Å²) in [6.07, 6.45) is -0.112. The Hall–Kier alpha value is -4.02. The second-order valence-electron chi connectivity index (χ2n) is 11.2. The van der Waals surface area contributed by atoms with Crippen molar-refractivity contribution in [3.05, 3.63) is 112 Å². The number of hydrogen-bond acceptors (Lipinski definition) is 5. The third-order valence-corrected chi connectivity index (χ3v) is 8.39. The van der Waals surface area contributed by atoms with Gasteiger partial charge in [0.1, 0.15) is 6.33 Å². The number of nitrogens with zero attached hydrogens (tertiary/aromatic N) is 4. The number of rotatable bonds is 7. The predicted octanol–water partition coefficient (Wildman–Crippen LogP) is 5.31. The maximum atomic E-state index is 14.2. The molecule has 1 atom stereocenters. The number of carbonyl (C=O) groups excluding carboxylic acids is 1. The van der Waals surface area contributed by atoms with Gasteiger partial charge in [-0.15, -0.1) is 10.2 Å². The average molecular weight is 562 g/mol. The molecule has 1 saturated carbocycles. The number of nitrogens with one attached hydrogen (secondary N) is 1. The highest BCUT2D eigenvalue weighted by atomic mass is 19.4. The molecule has 0 bridgehead atoms. The first kappa shape index (κ1) is 27.2. The second-order valence-corrected chi connectivity index (χ2v) is 11.2. The fraction of sp³-hybridized carbons (Fsp3) is 0.323. The number of halogens is 3. The first-order chi connectivity index (χ1) is 19.5. The molecule has 6 rings (SSSR count). The molecule has 1 amide bonds. The minimum atomic E-state index is -4.61. The van der Waals surface area contributed by atoms with Crippen LogP contribution in [0.1, 0.15) is 70.2 Å². The zero-order valence-corrected chi connectivity index (χ0v) is 22.7. The Kier molecular flexibility index (Phi) is 6.50. The van der Waals surface area contributed by atoms with E-state index in [4.69, 9.17) is 0 Å². The summed E-state index contributed by atoms with van der Waals surface area (Å²) >= 11 is 0. The Morgan fingerprint density at radius 3 is 2.39 bits per heavy atom. The highest BCUT2D eigenvalue weighted by molar-refractivity contribution is 6.10. The fourth-order valence-corrected chi connectivity index (χ4v) is 5.84. The lowest BCUT2D eigenvalue weighted by Crippen LogP contribution is -2.47. The number of anilines is 1. The van der Waals surface area contributed by atoms with Crippen molar-refractivity contribution in [1.29, 1.82) is 0 Å².